The van der Waals surface area contributed by atoms with Crippen molar-refractivity contribution in [2.24, 2.45) is 5.92 Å². The number of hydrogen-bond acceptors (Lipinski definition) is 3. The molecule has 3 N–H and O–H groups in total. The first-order valence-electron chi connectivity index (χ1n) is 6.44. The van der Waals surface area contributed by atoms with Gasteiger partial charge in [-0.1, -0.05) is 12.1 Å². The number of benzene rings is 1. The van der Waals surface area contributed by atoms with Crippen LogP contribution in [0.1, 0.15) is 18.9 Å². The predicted molar refractivity (Wildman–Crippen MR) is 70.4 cm³/mol. The Morgan fingerprint density at radius 3 is 2.83 bits per heavy atom. The first-order chi connectivity index (χ1) is 8.65. The highest BCUT2D eigenvalue weighted by Crippen LogP contribution is 2.12. The maximum absolute atomic E-state index is 11.9. The van der Waals surface area contributed by atoms with Gasteiger partial charge >= 0.3 is 0 Å². The van der Waals surface area contributed by atoms with Crippen molar-refractivity contribution in [1.82, 2.24) is 10.6 Å². The zero-order chi connectivity index (χ0) is 13.0. The Hall–Kier alpha value is -1.55. The molecule has 18 heavy (non-hydrogen) atoms. The zero-order valence-electron chi connectivity index (χ0n) is 10.6. The minimum atomic E-state index is 0.114. The number of nitrogens with one attached hydrogen (secondary N) is 2. The lowest BCUT2D eigenvalue weighted by Gasteiger charge is -2.16. The molecular weight excluding hydrogens is 228 g/mol. The summed E-state index contributed by atoms with van der Waals surface area (Å²) in [4.78, 5) is 11.9. The van der Waals surface area contributed by atoms with Crippen LogP contribution in [0.3, 0.4) is 0 Å². The molecule has 2 rings (SSSR count). The first kappa shape index (κ1) is 12.9. The minimum Gasteiger partial charge on any atom is -0.508 e. The molecule has 1 fully saturated rings. The van der Waals surface area contributed by atoms with Gasteiger partial charge in [-0.25, -0.2) is 0 Å². The molecule has 0 aromatic heterocycles. The smallest absolute Gasteiger partial charge is 0.224 e. The van der Waals surface area contributed by atoms with E-state index >= 15 is 0 Å². The third-order valence-corrected chi connectivity index (χ3v) is 3.30. The molecule has 0 saturated carbocycles. The summed E-state index contributed by atoms with van der Waals surface area (Å²) in [5.41, 5.74) is 1.12. The highest BCUT2D eigenvalue weighted by molar-refractivity contribution is 5.79. The van der Waals surface area contributed by atoms with E-state index in [0.29, 0.717) is 0 Å². The molecule has 1 amide bonds. The van der Waals surface area contributed by atoms with Crippen LogP contribution in [0.4, 0.5) is 0 Å². The molecular formula is C14H20N2O2. The number of aromatic hydroxyl groups is 1. The summed E-state index contributed by atoms with van der Waals surface area (Å²) in [6.07, 6.45) is 1.71. The van der Waals surface area contributed by atoms with Crippen LogP contribution in [0.5, 0.6) is 5.75 Å². The van der Waals surface area contributed by atoms with Crippen LogP contribution in [0.25, 0.3) is 0 Å². The molecule has 0 bridgehead atoms. The summed E-state index contributed by atoms with van der Waals surface area (Å²) in [6.45, 7) is 3.73. The van der Waals surface area contributed by atoms with Crippen molar-refractivity contribution >= 4 is 5.91 Å². The van der Waals surface area contributed by atoms with Crippen molar-refractivity contribution in [2.45, 2.75) is 25.8 Å². The largest absolute Gasteiger partial charge is 0.508 e. The van der Waals surface area contributed by atoms with Crippen LogP contribution < -0.4 is 10.6 Å². The molecule has 1 aromatic rings. The van der Waals surface area contributed by atoms with Gasteiger partial charge in [-0.3, -0.25) is 4.79 Å². The molecule has 0 aliphatic carbocycles. The molecule has 1 unspecified atom stereocenters. The summed E-state index contributed by atoms with van der Waals surface area (Å²) < 4.78 is 0. The average Bonchev–Trinajstić information content (AvgIpc) is 2.85. The molecule has 1 aliphatic heterocycles. The third kappa shape index (κ3) is 3.47. The van der Waals surface area contributed by atoms with Gasteiger partial charge in [-0.2, -0.15) is 0 Å². The molecule has 1 aliphatic rings. The van der Waals surface area contributed by atoms with E-state index in [1.807, 2.05) is 19.1 Å². The highest BCUT2D eigenvalue weighted by Gasteiger charge is 2.23. The van der Waals surface area contributed by atoms with Gasteiger partial charge < -0.3 is 15.7 Å². The first-order valence-corrected chi connectivity index (χ1v) is 6.44. The van der Waals surface area contributed by atoms with Crippen molar-refractivity contribution in [3.63, 3.8) is 0 Å². The summed E-state index contributed by atoms with van der Waals surface area (Å²) in [5.74, 6) is 0.533. The average molecular weight is 248 g/mol. The Balaban J connectivity index is 1.82. The molecule has 0 radical (unpaired) electrons. The number of rotatable bonds is 4. The maximum Gasteiger partial charge on any atom is 0.224 e. The maximum atomic E-state index is 11.9. The SMILES string of the molecule is CC(Cc1ccc(O)cc1)NC(=O)[C@@H]1CCNC1. The lowest BCUT2D eigenvalue weighted by Crippen LogP contribution is -2.39. The number of hydrogen-bond donors (Lipinski definition) is 3. The Morgan fingerprint density at radius 2 is 2.22 bits per heavy atom. The lowest BCUT2D eigenvalue weighted by atomic mass is 10.0. The van der Waals surface area contributed by atoms with Gasteiger partial charge in [0.15, 0.2) is 0 Å². The summed E-state index contributed by atoms with van der Waals surface area (Å²) in [6, 6.07) is 7.22. The highest BCUT2D eigenvalue weighted by atomic mass is 16.3. The van der Waals surface area contributed by atoms with Crippen LogP contribution in [0.2, 0.25) is 0 Å². The number of carbonyl (C=O) groups excluding carboxylic acids is 1. The Morgan fingerprint density at radius 1 is 1.50 bits per heavy atom. The normalized spacial score (nSPS) is 20.6. The van der Waals surface area contributed by atoms with E-state index < -0.39 is 0 Å². The number of phenols is 1. The standard InChI is InChI=1S/C14H20N2O2/c1-10(8-11-2-4-13(17)5-3-11)16-14(18)12-6-7-15-9-12/h2-5,10,12,15,17H,6-9H2,1H3,(H,16,18)/t10?,12-/m1/s1. The fourth-order valence-corrected chi connectivity index (χ4v) is 2.28. The van der Waals surface area contributed by atoms with E-state index in [-0.39, 0.29) is 23.6 Å². The van der Waals surface area contributed by atoms with Crippen molar-refractivity contribution in [3.05, 3.63) is 29.8 Å². The molecule has 1 saturated heterocycles. The Kier molecular flexibility index (Phi) is 4.20. The van der Waals surface area contributed by atoms with Crippen LogP contribution in [-0.4, -0.2) is 30.1 Å². The van der Waals surface area contributed by atoms with Gasteiger partial charge in [0.05, 0.1) is 5.92 Å². The van der Waals surface area contributed by atoms with Gasteiger partial charge in [-0.05, 0) is 44.0 Å². The second-order valence-electron chi connectivity index (χ2n) is 4.97. The van der Waals surface area contributed by atoms with Gasteiger partial charge in [0, 0.05) is 12.6 Å². The van der Waals surface area contributed by atoms with Crippen LogP contribution in [0, 0.1) is 5.92 Å². The predicted octanol–water partition coefficient (Wildman–Crippen LogP) is 1.05. The van der Waals surface area contributed by atoms with Gasteiger partial charge in [0.1, 0.15) is 5.75 Å². The van der Waals surface area contributed by atoms with E-state index in [4.69, 9.17) is 0 Å². The van der Waals surface area contributed by atoms with Gasteiger partial charge in [-0.15, -0.1) is 0 Å². The van der Waals surface area contributed by atoms with Crippen molar-refractivity contribution in [2.75, 3.05) is 13.1 Å². The second-order valence-corrected chi connectivity index (χ2v) is 4.97. The van der Waals surface area contributed by atoms with Crippen molar-refractivity contribution < 1.29 is 9.90 Å². The van der Waals surface area contributed by atoms with E-state index in [9.17, 15) is 9.90 Å². The number of amides is 1. The Bertz CT molecular complexity index is 397. The Labute approximate surface area is 107 Å². The minimum absolute atomic E-state index is 0.114. The second kappa shape index (κ2) is 5.87. The van der Waals surface area contributed by atoms with E-state index in [0.717, 1.165) is 31.5 Å². The summed E-state index contributed by atoms with van der Waals surface area (Å²) in [7, 11) is 0. The quantitative estimate of drug-likeness (QED) is 0.746. The number of carbonyl (C=O) groups is 1. The molecule has 0 spiro atoms. The van der Waals surface area contributed by atoms with Crippen LogP contribution in [0.15, 0.2) is 24.3 Å². The van der Waals surface area contributed by atoms with E-state index in [1.54, 1.807) is 12.1 Å². The van der Waals surface area contributed by atoms with E-state index in [1.165, 1.54) is 0 Å². The zero-order valence-corrected chi connectivity index (χ0v) is 10.6. The molecule has 1 aromatic carbocycles. The lowest BCUT2D eigenvalue weighted by molar-refractivity contribution is -0.125. The van der Waals surface area contributed by atoms with Crippen molar-refractivity contribution in [3.8, 4) is 5.75 Å². The van der Waals surface area contributed by atoms with Crippen LogP contribution in [-0.2, 0) is 11.2 Å². The summed E-state index contributed by atoms with van der Waals surface area (Å²) >= 11 is 0. The molecule has 4 heteroatoms. The molecule has 4 nitrogen and oxygen atoms in total. The van der Waals surface area contributed by atoms with E-state index in [2.05, 4.69) is 10.6 Å². The van der Waals surface area contributed by atoms with Crippen LogP contribution >= 0.6 is 0 Å². The summed E-state index contributed by atoms with van der Waals surface area (Å²) in [5, 5.41) is 15.4. The molecule has 98 valence electrons. The van der Waals surface area contributed by atoms with Crippen molar-refractivity contribution in [1.29, 1.82) is 0 Å². The molecule has 1 heterocycles. The third-order valence-electron chi connectivity index (χ3n) is 3.30. The number of phenolic OH excluding ortho intramolecular Hbond substituents is 1. The molecule has 2 atom stereocenters. The monoisotopic (exact) mass is 248 g/mol. The van der Waals surface area contributed by atoms with Gasteiger partial charge in [0.2, 0.25) is 5.91 Å². The van der Waals surface area contributed by atoms with Gasteiger partial charge in [0.25, 0.3) is 0 Å². The fraction of sp³-hybridized carbons (Fsp3) is 0.500. The fourth-order valence-electron chi connectivity index (χ4n) is 2.28. The topological polar surface area (TPSA) is 61.4 Å².